The third kappa shape index (κ3) is 7.00. The summed E-state index contributed by atoms with van der Waals surface area (Å²) in [6, 6.07) is 12.5. The predicted molar refractivity (Wildman–Crippen MR) is 131 cm³/mol. The molecule has 0 unspecified atom stereocenters. The number of aromatic nitrogens is 2. The molecule has 1 aliphatic rings. The monoisotopic (exact) mass is 510 g/mol. The molecule has 3 aromatic rings. The Bertz CT molecular complexity index is 1040. The van der Waals surface area contributed by atoms with Crippen molar-refractivity contribution in [3.05, 3.63) is 65.6 Å². The van der Waals surface area contributed by atoms with Crippen molar-refractivity contribution < 1.29 is 26.8 Å². The van der Waals surface area contributed by atoms with Crippen molar-refractivity contribution in [2.24, 2.45) is 5.16 Å². The number of fused-ring (bicyclic) bond motifs is 2. The quantitative estimate of drug-likeness (QED) is 0.137. The van der Waals surface area contributed by atoms with Gasteiger partial charge in [0.2, 0.25) is 0 Å². The molecule has 2 aromatic heterocycles. The van der Waals surface area contributed by atoms with Gasteiger partial charge in [0, 0.05) is 47.4 Å². The molecule has 33 heavy (non-hydrogen) atoms. The lowest BCUT2D eigenvalue weighted by molar-refractivity contribution is -0.697. The fourth-order valence-corrected chi connectivity index (χ4v) is 4.69. The van der Waals surface area contributed by atoms with Crippen molar-refractivity contribution in [2.75, 3.05) is 11.9 Å². The second-order valence-corrected chi connectivity index (χ2v) is 8.80. The van der Waals surface area contributed by atoms with Gasteiger partial charge in [-0.3, -0.25) is 4.98 Å². The molecule has 0 saturated heterocycles. The Morgan fingerprint density at radius 2 is 1.67 bits per heavy atom. The summed E-state index contributed by atoms with van der Waals surface area (Å²) in [7, 11) is 0. The second kappa shape index (κ2) is 13.3. The van der Waals surface area contributed by atoms with Gasteiger partial charge in [0.1, 0.15) is 6.54 Å². The molecule has 0 radical (unpaired) electrons. The van der Waals surface area contributed by atoms with Crippen LogP contribution in [0.25, 0.3) is 10.9 Å². The molecule has 5 nitrogen and oxygen atoms in total. The normalized spacial score (nSPS) is 13.1. The Balaban J connectivity index is 0.00000306. The molecule has 0 bridgehead atoms. The fraction of sp³-hybridized carbons (Fsp3) is 0.444. The highest BCUT2D eigenvalue weighted by Gasteiger charge is 2.17. The number of hydrogen-bond donors (Lipinski definition) is 2. The Morgan fingerprint density at radius 1 is 0.939 bits per heavy atom. The summed E-state index contributed by atoms with van der Waals surface area (Å²) in [4.78, 5) is 4.94. The van der Waals surface area contributed by atoms with E-state index >= 15 is 0 Å². The van der Waals surface area contributed by atoms with Crippen LogP contribution in [-0.4, -0.2) is 23.0 Å². The summed E-state index contributed by atoms with van der Waals surface area (Å²) in [5, 5.41) is 16.7. The molecule has 176 valence electrons. The van der Waals surface area contributed by atoms with Crippen LogP contribution in [0.5, 0.6) is 0 Å². The first-order valence-electron chi connectivity index (χ1n) is 12.2. The predicted octanol–water partition coefficient (Wildman–Crippen LogP) is 2.67. The van der Waals surface area contributed by atoms with E-state index in [1.54, 1.807) is 0 Å². The highest BCUT2D eigenvalue weighted by Crippen LogP contribution is 2.33. The summed E-state index contributed by atoms with van der Waals surface area (Å²) in [5.74, 6) is 0. The largest absolute Gasteiger partial charge is 1.00 e. The van der Waals surface area contributed by atoms with E-state index in [1.807, 2.05) is 24.5 Å². The first-order valence-corrected chi connectivity index (χ1v) is 12.2. The van der Waals surface area contributed by atoms with Gasteiger partial charge in [0.25, 0.3) is 0 Å². The molecule has 0 spiro atoms. The van der Waals surface area contributed by atoms with Crippen molar-refractivity contribution in [3.63, 3.8) is 0 Å². The van der Waals surface area contributed by atoms with Crippen LogP contribution in [0.4, 0.5) is 5.69 Å². The molecule has 1 aromatic carbocycles. The van der Waals surface area contributed by atoms with Gasteiger partial charge in [-0.2, -0.15) is 0 Å². The SMILES string of the molecule is O/N=C/c1cc[n+](CCCCCCCCNc2c3c(nc4ccccc24)CCCC3)cc1.[Br-]. The molecule has 0 amide bonds. The number of nitrogens with one attached hydrogen (secondary N) is 1. The van der Waals surface area contributed by atoms with E-state index < -0.39 is 0 Å². The van der Waals surface area contributed by atoms with E-state index in [0.717, 1.165) is 37.0 Å². The molecular formula is C27H35BrN4O. The van der Waals surface area contributed by atoms with Gasteiger partial charge in [-0.1, -0.05) is 42.6 Å². The number of pyridine rings is 2. The highest BCUT2D eigenvalue weighted by molar-refractivity contribution is 5.93. The van der Waals surface area contributed by atoms with Crippen LogP contribution in [0.3, 0.4) is 0 Å². The standard InChI is InChI=1S/C27H34N4O.BrH/c32-29-21-22-15-19-31(20-16-22)18-10-4-2-1-3-9-17-28-27-23-11-5-7-13-25(23)30-26-14-8-6-12-24(26)27;/h5,7,11,13,15-16,19-21H,1-4,6,8-10,12,14,17-18H2,(H,28,30);1H. The molecule has 0 saturated carbocycles. The van der Waals surface area contributed by atoms with E-state index in [0.29, 0.717) is 0 Å². The molecule has 0 atom stereocenters. The van der Waals surface area contributed by atoms with Crippen LogP contribution >= 0.6 is 0 Å². The van der Waals surface area contributed by atoms with E-state index in [-0.39, 0.29) is 17.0 Å². The van der Waals surface area contributed by atoms with Gasteiger partial charge in [-0.25, -0.2) is 4.57 Å². The lowest BCUT2D eigenvalue weighted by Crippen LogP contribution is -3.00. The Hall–Kier alpha value is -2.47. The summed E-state index contributed by atoms with van der Waals surface area (Å²) in [6.45, 7) is 2.08. The Morgan fingerprint density at radius 3 is 2.48 bits per heavy atom. The summed E-state index contributed by atoms with van der Waals surface area (Å²) >= 11 is 0. The number of aryl methyl sites for hydroxylation is 2. The third-order valence-electron chi connectivity index (χ3n) is 6.44. The smallest absolute Gasteiger partial charge is 0.169 e. The van der Waals surface area contributed by atoms with Gasteiger partial charge < -0.3 is 27.5 Å². The van der Waals surface area contributed by atoms with Crippen molar-refractivity contribution in [1.29, 1.82) is 0 Å². The molecule has 2 heterocycles. The summed E-state index contributed by atoms with van der Waals surface area (Å²) in [6.07, 6.45) is 17.9. The minimum atomic E-state index is 0. The number of para-hydroxylation sites is 1. The highest BCUT2D eigenvalue weighted by atomic mass is 79.9. The number of anilines is 1. The van der Waals surface area contributed by atoms with E-state index in [2.05, 4.69) is 39.3 Å². The molecular weight excluding hydrogens is 476 g/mol. The third-order valence-corrected chi connectivity index (χ3v) is 6.44. The lowest BCUT2D eigenvalue weighted by Gasteiger charge is -2.21. The van der Waals surface area contributed by atoms with Crippen LogP contribution in [0.1, 0.15) is 68.2 Å². The number of unbranched alkanes of at least 4 members (excludes halogenated alkanes) is 5. The van der Waals surface area contributed by atoms with Crippen molar-refractivity contribution in [3.8, 4) is 0 Å². The molecule has 0 aliphatic heterocycles. The maximum absolute atomic E-state index is 8.57. The van der Waals surface area contributed by atoms with Gasteiger partial charge in [0.15, 0.2) is 12.4 Å². The van der Waals surface area contributed by atoms with Crippen molar-refractivity contribution in [1.82, 2.24) is 4.98 Å². The maximum atomic E-state index is 8.57. The van der Waals surface area contributed by atoms with E-state index in [1.165, 1.54) is 79.9 Å². The van der Waals surface area contributed by atoms with Crippen LogP contribution in [-0.2, 0) is 19.4 Å². The first kappa shape index (κ1) is 25.2. The zero-order valence-electron chi connectivity index (χ0n) is 19.3. The number of oxime groups is 1. The van der Waals surface area contributed by atoms with Crippen LogP contribution in [0, 0.1) is 0 Å². The van der Waals surface area contributed by atoms with Crippen molar-refractivity contribution in [2.45, 2.75) is 70.8 Å². The molecule has 4 rings (SSSR count). The molecule has 1 aliphatic carbocycles. The second-order valence-electron chi connectivity index (χ2n) is 8.80. The number of rotatable bonds is 11. The van der Waals surface area contributed by atoms with Crippen LogP contribution in [0.2, 0.25) is 0 Å². The van der Waals surface area contributed by atoms with E-state index in [4.69, 9.17) is 10.2 Å². The number of hydrogen-bond acceptors (Lipinski definition) is 4. The minimum absolute atomic E-state index is 0. The number of benzene rings is 1. The topological polar surface area (TPSA) is 61.4 Å². The number of halogens is 1. The average molecular weight is 512 g/mol. The number of nitrogens with zero attached hydrogens (tertiary/aromatic N) is 3. The molecule has 0 fully saturated rings. The van der Waals surface area contributed by atoms with Crippen LogP contribution < -0.4 is 26.9 Å². The van der Waals surface area contributed by atoms with Gasteiger partial charge >= 0.3 is 0 Å². The van der Waals surface area contributed by atoms with Gasteiger partial charge in [-0.15, -0.1) is 0 Å². The van der Waals surface area contributed by atoms with E-state index in [9.17, 15) is 0 Å². The zero-order valence-corrected chi connectivity index (χ0v) is 20.9. The molecule has 6 heteroatoms. The average Bonchev–Trinajstić information content (AvgIpc) is 2.83. The van der Waals surface area contributed by atoms with Gasteiger partial charge in [0.05, 0.1) is 11.7 Å². The van der Waals surface area contributed by atoms with Crippen LogP contribution in [0.15, 0.2) is 53.9 Å². The molecule has 2 N–H and O–H groups in total. The summed E-state index contributed by atoms with van der Waals surface area (Å²) < 4.78 is 2.19. The lowest BCUT2D eigenvalue weighted by atomic mass is 9.92. The fourth-order valence-electron chi connectivity index (χ4n) is 4.69. The zero-order chi connectivity index (χ0) is 22.0. The Labute approximate surface area is 207 Å². The summed E-state index contributed by atoms with van der Waals surface area (Å²) in [5.41, 5.74) is 6.16. The van der Waals surface area contributed by atoms with Gasteiger partial charge in [-0.05, 0) is 50.2 Å². The first-order chi connectivity index (χ1) is 15.8. The minimum Gasteiger partial charge on any atom is -1.00 e. The maximum Gasteiger partial charge on any atom is 0.169 e. The van der Waals surface area contributed by atoms with Crippen molar-refractivity contribution >= 4 is 22.8 Å². The Kier molecular flexibility index (Phi) is 10.1.